The lowest BCUT2D eigenvalue weighted by Crippen LogP contribution is -2.48. The normalized spacial score (nSPS) is 28.8. The maximum Gasteiger partial charge on any atom is 0.193 e. The Morgan fingerprint density at radius 3 is 2.33 bits per heavy atom. The first-order valence-electron chi connectivity index (χ1n) is 7.22. The molecule has 0 bridgehead atoms. The lowest BCUT2D eigenvalue weighted by Gasteiger charge is -2.37. The monoisotopic (exact) mass is 365 g/mol. The summed E-state index contributed by atoms with van der Waals surface area (Å²) in [6.45, 7) is 11.2. The minimum atomic E-state index is 0. The first kappa shape index (κ1) is 16.1. The molecule has 1 aliphatic heterocycles. The molecule has 0 amide bonds. The molecule has 1 heterocycles. The van der Waals surface area contributed by atoms with Gasteiger partial charge in [-0.2, -0.15) is 0 Å². The molecule has 2 atom stereocenters. The van der Waals surface area contributed by atoms with Crippen molar-refractivity contribution in [3.63, 3.8) is 0 Å². The fraction of sp³-hybridized carbons (Fsp3) is 0.929. The summed E-state index contributed by atoms with van der Waals surface area (Å²) in [6, 6.07) is 0. The second-order valence-electron chi connectivity index (χ2n) is 5.99. The molecule has 1 N–H and O–H groups in total. The molecule has 0 aromatic heterocycles. The van der Waals surface area contributed by atoms with Crippen molar-refractivity contribution in [1.29, 1.82) is 0 Å². The molecule has 0 aromatic carbocycles. The number of nitrogens with one attached hydrogen (secondary N) is 1. The number of aliphatic imine (C=N–C) groups is 1. The molecule has 1 aliphatic carbocycles. The second kappa shape index (κ2) is 7.56. The zero-order valence-corrected chi connectivity index (χ0v) is 14.3. The van der Waals surface area contributed by atoms with E-state index in [1.54, 1.807) is 0 Å². The number of hydrogen-bond acceptors (Lipinski definition) is 1. The molecule has 2 fully saturated rings. The van der Waals surface area contributed by atoms with E-state index in [0.717, 1.165) is 36.8 Å². The maximum absolute atomic E-state index is 4.80. The van der Waals surface area contributed by atoms with E-state index in [0.29, 0.717) is 0 Å². The molecular formula is C14H28IN3. The Morgan fingerprint density at radius 1 is 1.22 bits per heavy atom. The van der Waals surface area contributed by atoms with Crippen LogP contribution < -0.4 is 5.32 Å². The van der Waals surface area contributed by atoms with Crippen molar-refractivity contribution in [2.24, 2.45) is 22.7 Å². The number of hydrogen-bond donors (Lipinski definition) is 1. The number of piperidine rings is 1. The molecule has 0 radical (unpaired) electrons. The van der Waals surface area contributed by atoms with E-state index in [1.165, 1.54) is 32.4 Å². The predicted molar refractivity (Wildman–Crippen MR) is 88.6 cm³/mol. The molecule has 0 aromatic rings. The summed E-state index contributed by atoms with van der Waals surface area (Å²) >= 11 is 0. The molecule has 4 heteroatoms. The maximum atomic E-state index is 4.80. The molecule has 0 spiro atoms. The topological polar surface area (TPSA) is 27.6 Å². The Balaban J connectivity index is 0.00000162. The van der Waals surface area contributed by atoms with Gasteiger partial charge in [0.25, 0.3) is 0 Å². The number of likely N-dealkylation sites (tertiary alicyclic amines) is 1. The van der Waals surface area contributed by atoms with Crippen LogP contribution in [0.2, 0.25) is 0 Å². The number of halogens is 1. The van der Waals surface area contributed by atoms with Crippen molar-refractivity contribution in [3.8, 4) is 0 Å². The summed E-state index contributed by atoms with van der Waals surface area (Å²) in [5, 5.41) is 3.45. The van der Waals surface area contributed by atoms with Gasteiger partial charge < -0.3 is 10.2 Å². The zero-order valence-electron chi connectivity index (χ0n) is 12.0. The summed E-state index contributed by atoms with van der Waals surface area (Å²) in [6.07, 6.45) is 4.13. The van der Waals surface area contributed by atoms with E-state index in [1.807, 2.05) is 0 Å². The Kier molecular flexibility index (Phi) is 6.74. The summed E-state index contributed by atoms with van der Waals surface area (Å²) < 4.78 is 0. The molecule has 2 aliphatic rings. The van der Waals surface area contributed by atoms with E-state index < -0.39 is 0 Å². The first-order chi connectivity index (χ1) is 8.19. The summed E-state index contributed by atoms with van der Waals surface area (Å²) in [5.74, 6) is 3.62. The van der Waals surface area contributed by atoms with Crippen molar-refractivity contribution < 1.29 is 0 Å². The van der Waals surface area contributed by atoms with Crippen LogP contribution in [-0.2, 0) is 0 Å². The number of nitrogens with zero attached hydrogens (tertiary/aromatic N) is 2. The standard InChI is InChI=1S/C14H27N3.HI/c1-4-15-14(16-8-13-5-6-13)17-9-11(2)7-12(3)10-17;/h11-13H,4-10H2,1-3H3,(H,15,16);1H. The Labute approximate surface area is 129 Å². The van der Waals surface area contributed by atoms with Gasteiger partial charge in [0.15, 0.2) is 5.96 Å². The Morgan fingerprint density at radius 2 is 1.83 bits per heavy atom. The number of rotatable bonds is 3. The van der Waals surface area contributed by atoms with Gasteiger partial charge in [-0.3, -0.25) is 4.99 Å². The van der Waals surface area contributed by atoms with Crippen molar-refractivity contribution in [2.45, 2.75) is 40.0 Å². The van der Waals surface area contributed by atoms with Crippen LogP contribution in [0.15, 0.2) is 4.99 Å². The van der Waals surface area contributed by atoms with Gasteiger partial charge in [-0.25, -0.2) is 0 Å². The van der Waals surface area contributed by atoms with E-state index in [-0.39, 0.29) is 24.0 Å². The van der Waals surface area contributed by atoms with Crippen molar-refractivity contribution in [3.05, 3.63) is 0 Å². The van der Waals surface area contributed by atoms with E-state index >= 15 is 0 Å². The number of guanidine groups is 1. The van der Waals surface area contributed by atoms with Crippen LogP contribution in [0, 0.1) is 17.8 Å². The summed E-state index contributed by atoms with van der Waals surface area (Å²) in [5.41, 5.74) is 0. The highest BCUT2D eigenvalue weighted by Gasteiger charge is 2.25. The van der Waals surface area contributed by atoms with Gasteiger partial charge in [0, 0.05) is 26.2 Å². The van der Waals surface area contributed by atoms with Gasteiger partial charge in [0.2, 0.25) is 0 Å². The van der Waals surface area contributed by atoms with Crippen LogP contribution in [0.4, 0.5) is 0 Å². The Bertz CT molecular complexity index is 266. The van der Waals surface area contributed by atoms with Crippen LogP contribution in [0.5, 0.6) is 0 Å². The van der Waals surface area contributed by atoms with Crippen molar-refractivity contribution >= 4 is 29.9 Å². The second-order valence-corrected chi connectivity index (χ2v) is 5.99. The fourth-order valence-electron chi connectivity index (χ4n) is 2.78. The van der Waals surface area contributed by atoms with Gasteiger partial charge in [-0.1, -0.05) is 13.8 Å². The molecule has 2 unspecified atom stereocenters. The van der Waals surface area contributed by atoms with Crippen LogP contribution in [0.1, 0.15) is 40.0 Å². The van der Waals surface area contributed by atoms with Crippen LogP contribution >= 0.6 is 24.0 Å². The quantitative estimate of drug-likeness (QED) is 0.473. The third kappa shape index (κ3) is 4.94. The van der Waals surface area contributed by atoms with E-state index in [9.17, 15) is 0 Å². The lowest BCUT2D eigenvalue weighted by molar-refractivity contribution is 0.208. The van der Waals surface area contributed by atoms with Crippen molar-refractivity contribution in [1.82, 2.24) is 10.2 Å². The molecule has 2 rings (SSSR count). The first-order valence-corrected chi connectivity index (χ1v) is 7.22. The minimum absolute atomic E-state index is 0. The molecule has 106 valence electrons. The smallest absolute Gasteiger partial charge is 0.193 e. The molecule has 1 saturated carbocycles. The van der Waals surface area contributed by atoms with Gasteiger partial charge >= 0.3 is 0 Å². The third-order valence-corrected chi connectivity index (χ3v) is 3.70. The van der Waals surface area contributed by atoms with Gasteiger partial charge in [-0.15, -0.1) is 24.0 Å². The molecule has 18 heavy (non-hydrogen) atoms. The average Bonchev–Trinajstić information content (AvgIpc) is 3.06. The fourth-order valence-corrected chi connectivity index (χ4v) is 2.78. The lowest BCUT2D eigenvalue weighted by atomic mass is 9.92. The van der Waals surface area contributed by atoms with Crippen LogP contribution in [0.3, 0.4) is 0 Å². The SMILES string of the molecule is CCNC(=NCC1CC1)N1CC(C)CC(C)C1.I. The minimum Gasteiger partial charge on any atom is -0.357 e. The highest BCUT2D eigenvalue weighted by atomic mass is 127. The van der Waals surface area contributed by atoms with Gasteiger partial charge in [0.1, 0.15) is 0 Å². The summed E-state index contributed by atoms with van der Waals surface area (Å²) in [7, 11) is 0. The largest absolute Gasteiger partial charge is 0.357 e. The zero-order chi connectivity index (χ0) is 12.3. The van der Waals surface area contributed by atoms with E-state index in [4.69, 9.17) is 4.99 Å². The highest BCUT2D eigenvalue weighted by Crippen LogP contribution is 2.29. The average molecular weight is 365 g/mol. The van der Waals surface area contributed by atoms with Gasteiger partial charge in [-0.05, 0) is 43.9 Å². The third-order valence-electron chi connectivity index (χ3n) is 3.70. The van der Waals surface area contributed by atoms with Crippen LogP contribution in [-0.4, -0.2) is 37.0 Å². The van der Waals surface area contributed by atoms with Crippen LogP contribution in [0.25, 0.3) is 0 Å². The highest BCUT2D eigenvalue weighted by molar-refractivity contribution is 14.0. The van der Waals surface area contributed by atoms with Crippen molar-refractivity contribution in [2.75, 3.05) is 26.2 Å². The molecule has 3 nitrogen and oxygen atoms in total. The molecular weight excluding hydrogens is 337 g/mol. The molecule has 1 saturated heterocycles. The summed E-state index contributed by atoms with van der Waals surface area (Å²) in [4.78, 5) is 7.26. The Hall–Kier alpha value is 0. The van der Waals surface area contributed by atoms with Gasteiger partial charge in [0.05, 0.1) is 0 Å². The van der Waals surface area contributed by atoms with E-state index in [2.05, 4.69) is 31.0 Å². The predicted octanol–water partition coefficient (Wildman–Crippen LogP) is 2.96.